The zero-order valence-electron chi connectivity index (χ0n) is 12.9. The number of carbonyl (C=O) groups excluding carboxylic acids is 1. The number of nitrogens with one attached hydrogen (secondary N) is 1. The summed E-state index contributed by atoms with van der Waals surface area (Å²) in [5.41, 5.74) is 0. The van der Waals surface area contributed by atoms with Crippen molar-refractivity contribution in [1.29, 1.82) is 5.26 Å². The third kappa shape index (κ3) is 5.26. The molecule has 23 heavy (non-hydrogen) atoms. The topological polar surface area (TPSA) is 95.1 Å². The number of nitriles is 1. The number of hydrogen-bond acceptors (Lipinski definition) is 8. The summed E-state index contributed by atoms with van der Waals surface area (Å²) in [5, 5.41) is 20.2. The molecule has 1 amide bonds. The minimum Gasteiger partial charge on any atom is -0.467 e. The molecule has 0 aliphatic carbocycles. The van der Waals surface area contributed by atoms with Gasteiger partial charge in [-0.25, -0.2) is 0 Å². The molecule has 7 nitrogen and oxygen atoms in total. The van der Waals surface area contributed by atoms with E-state index in [2.05, 4.69) is 15.5 Å². The number of anilines is 1. The first-order valence-corrected chi connectivity index (χ1v) is 8.68. The van der Waals surface area contributed by atoms with Crippen molar-refractivity contribution in [3.63, 3.8) is 0 Å². The predicted octanol–water partition coefficient (Wildman–Crippen LogP) is 2.60. The summed E-state index contributed by atoms with van der Waals surface area (Å²) in [7, 11) is 1.70. The maximum atomic E-state index is 12.2. The molecular formula is C14H17N5O2S2. The first-order chi connectivity index (χ1) is 11.1. The largest absolute Gasteiger partial charge is 0.467 e. The summed E-state index contributed by atoms with van der Waals surface area (Å²) in [5.74, 6) is 0.794. The van der Waals surface area contributed by atoms with Gasteiger partial charge in [-0.15, -0.1) is 10.2 Å². The maximum Gasteiger partial charge on any atom is 0.235 e. The molecule has 0 saturated heterocycles. The van der Waals surface area contributed by atoms with Crippen LogP contribution in [0.5, 0.6) is 0 Å². The third-order valence-electron chi connectivity index (χ3n) is 2.96. The molecule has 2 aromatic rings. The second kappa shape index (κ2) is 8.55. The van der Waals surface area contributed by atoms with Crippen LogP contribution in [0.3, 0.4) is 0 Å². The Morgan fingerprint density at radius 1 is 1.61 bits per heavy atom. The standard InChI is InChI=1S/C14H17N5O2S2/c1-10(12(20)19(2)7-4-6-15)22-14-18-17-13(23-14)16-9-11-5-3-8-21-11/h3,5,8,10H,4,7,9H2,1-2H3,(H,16,17)/t10-/m0/s1. The Morgan fingerprint density at radius 2 is 2.43 bits per heavy atom. The van der Waals surface area contributed by atoms with Gasteiger partial charge in [-0.05, 0) is 19.1 Å². The van der Waals surface area contributed by atoms with Crippen molar-refractivity contribution in [3.8, 4) is 6.07 Å². The molecule has 122 valence electrons. The molecule has 1 N–H and O–H groups in total. The Morgan fingerprint density at radius 3 is 3.13 bits per heavy atom. The van der Waals surface area contributed by atoms with Gasteiger partial charge in [-0.1, -0.05) is 23.1 Å². The van der Waals surface area contributed by atoms with E-state index >= 15 is 0 Å². The summed E-state index contributed by atoms with van der Waals surface area (Å²) >= 11 is 2.76. The molecule has 0 aromatic carbocycles. The normalized spacial score (nSPS) is 11.7. The van der Waals surface area contributed by atoms with Crippen LogP contribution in [-0.4, -0.2) is 39.8 Å². The molecule has 0 unspecified atom stereocenters. The zero-order valence-corrected chi connectivity index (χ0v) is 14.5. The molecule has 0 aliphatic rings. The van der Waals surface area contributed by atoms with Gasteiger partial charge in [0.15, 0.2) is 4.34 Å². The van der Waals surface area contributed by atoms with Crippen molar-refractivity contribution in [2.75, 3.05) is 18.9 Å². The highest BCUT2D eigenvalue weighted by molar-refractivity contribution is 8.02. The molecular weight excluding hydrogens is 334 g/mol. The quantitative estimate of drug-likeness (QED) is 0.730. The van der Waals surface area contributed by atoms with E-state index in [0.29, 0.717) is 24.6 Å². The fourth-order valence-electron chi connectivity index (χ4n) is 1.74. The Hall–Kier alpha value is -2.05. The summed E-state index contributed by atoms with van der Waals surface area (Å²) in [6.07, 6.45) is 1.95. The molecule has 0 bridgehead atoms. The average molecular weight is 351 g/mol. The number of amides is 1. The van der Waals surface area contributed by atoms with Crippen LogP contribution in [0.25, 0.3) is 0 Å². The molecule has 1 atom stereocenters. The molecule has 0 aliphatic heterocycles. The summed E-state index contributed by atoms with van der Waals surface area (Å²) < 4.78 is 5.96. The van der Waals surface area contributed by atoms with Crippen LogP contribution in [0.2, 0.25) is 0 Å². The number of hydrogen-bond donors (Lipinski definition) is 1. The molecule has 0 saturated carbocycles. The Balaban J connectivity index is 1.83. The van der Waals surface area contributed by atoms with Gasteiger partial charge in [0.05, 0.1) is 30.5 Å². The van der Waals surface area contributed by atoms with Crippen LogP contribution < -0.4 is 5.32 Å². The molecule has 0 fully saturated rings. The van der Waals surface area contributed by atoms with Gasteiger partial charge >= 0.3 is 0 Å². The van der Waals surface area contributed by atoms with Crippen molar-refractivity contribution >= 4 is 34.1 Å². The van der Waals surface area contributed by atoms with E-state index in [-0.39, 0.29) is 11.2 Å². The van der Waals surface area contributed by atoms with Gasteiger partial charge in [0.2, 0.25) is 11.0 Å². The molecule has 0 radical (unpaired) electrons. The third-order valence-corrected chi connectivity index (χ3v) is 5.01. The van der Waals surface area contributed by atoms with E-state index < -0.39 is 0 Å². The van der Waals surface area contributed by atoms with Gasteiger partial charge in [-0.2, -0.15) is 5.26 Å². The van der Waals surface area contributed by atoms with Crippen molar-refractivity contribution in [2.45, 2.75) is 29.5 Å². The fraction of sp³-hybridized carbons (Fsp3) is 0.429. The Labute approximate surface area is 142 Å². The highest BCUT2D eigenvalue weighted by Gasteiger charge is 2.20. The first-order valence-electron chi connectivity index (χ1n) is 6.98. The van der Waals surface area contributed by atoms with Gasteiger partial charge in [0.25, 0.3) is 0 Å². The molecule has 0 spiro atoms. The Kier molecular flexibility index (Phi) is 6.43. The lowest BCUT2D eigenvalue weighted by molar-refractivity contribution is -0.128. The predicted molar refractivity (Wildman–Crippen MR) is 89.1 cm³/mol. The highest BCUT2D eigenvalue weighted by atomic mass is 32.2. The number of carbonyl (C=O) groups is 1. The smallest absolute Gasteiger partial charge is 0.235 e. The fourth-order valence-corrected chi connectivity index (χ4v) is 3.75. The molecule has 2 heterocycles. The van der Waals surface area contributed by atoms with E-state index in [4.69, 9.17) is 9.68 Å². The van der Waals surface area contributed by atoms with E-state index in [1.165, 1.54) is 23.1 Å². The first kappa shape index (κ1) is 17.3. The summed E-state index contributed by atoms with van der Waals surface area (Å²) in [6.45, 7) is 2.80. The number of rotatable bonds is 8. The second-order valence-corrected chi connectivity index (χ2v) is 7.30. The highest BCUT2D eigenvalue weighted by Crippen LogP contribution is 2.29. The van der Waals surface area contributed by atoms with Gasteiger partial charge in [0, 0.05) is 13.6 Å². The minimum absolute atomic E-state index is 0.0226. The molecule has 2 rings (SSSR count). The van der Waals surface area contributed by atoms with Crippen molar-refractivity contribution in [3.05, 3.63) is 24.2 Å². The van der Waals surface area contributed by atoms with Crippen LogP contribution in [0, 0.1) is 11.3 Å². The second-order valence-electron chi connectivity index (χ2n) is 4.73. The maximum absolute atomic E-state index is 12.2. The van der Waals surface area contributed by atoms with Crippen LogP contribution in [-0.2, 0) is 11.3 Å². The lowest BCUT2D eigenvalue weighted by Crippen LogP contribution is -2.33. The van der Waals surface area contributed by atoms with Crippen LogP contribution >= 0.6 is 23.1 Å². The lowest BCUT2D eigenvalue weighted by Gasteiger charge is -2.18. The number of thioether (sulfide) groups is 1. The number of furan rings is 1. The van der Waals surface area contributed by atoms with E-state index in [9.17, 15) is 4.79 Å². The van der Waals surface area contributed by atoms with Crippen LogP contribution in [0.4, 0.5) is 5.13 Å². The lowest BCUT2D eigenvalue weighted by atomic mass is 10.3. The molecule has 9 heteroatoms. The van der Waals surface area contributed by atoms with Gasteiger partial charge < -0.3 is 14.6 Å². The zero-order chi connectivity index (χ0) is 16.7. The summed E-state index contributed by atoms with van der Waals surface area (Å²) in [6, 6.07) is 5.74. The Bertz CT molecular complexity index is 665. The van der Waals surface area contributed by atoms with Gasteiger partial charge in [0.1, 0.15) is 5.76 Å². The van der Waals surface area contributed by atoms with Crippen LogP contribution in [0.15, 0.2) is 27.2 Å². The van der Waals surface area contributed by atoms with Gasteiger partial charge in [-0.3, -0.25) is 4.79 Å². The van der Waals surface area contributed by atoms with Crippen LogP contribution in [0.1, 0.15) is 19.1 Å². The van der Waals surface area contributed by atoms with Crippen molar-refractivity contribution < 1.29 is 9.21 Å². The number of aromatic nitrogens is 2. The van der Waals surface area contributed by atoms with Crippen molar-refractivity contribution in [2.24, 2.45) is 0 Å². The minimum atomic E-state index is -0.274. The SMILES string of the molecule is C[C@H](Sc1nnc(NCc2ccco2)s1)C(=O)N(C)CCC#N. The number of nitrogens with zero attached hydrogens (tertiary/aromatic N) is 4. The molecule has 2 aromatic heterocycles. The van der Waals surface area contributed by atoms with Crippen molar-refractivity contribution in [1.82, 2.24) is 15.1 Å². The average Bonchev–Trinajstić information content (AvgIpc) is 3.21. The van der Waals surface area contributed by atoms with E-state index in [1.807, 2.05) is 25.1 Å². The monoisotopic (exact) mass is 351 g/mol. The van der Waals surface area contributed by atoms with E-state index in [0.717, 1.165) is 10.1 Å². The summed E-state index contributed by atoms with van der Waals surface area (Å²) in [4.78, 5) is 13.7. The van der Waals surface area contributed by atoms with E-state index in [1.54, 1.807) is 18.2 Å².